The van der Waals surface area contributed by atoms with Crippen LogP contribution in [-0.2, 0) is 6.18 Å². The summed E-state index contributed by atoms with van der Waals surface area (Å²) in [5.74, 6) is 0. The number of alkyl halides is 3. The van der Waals surface area contributed by atoms with Crippen molar-refractivity contribution in [2.45, 2.75) is 6.18 Å². The van der Waals surface area contributed by atoms with Gasteiger partial charge < -0.3 is 4.90 Å². The normalized spacial score (nSPS) is 14.8. The Morgan fingerprint density at radius 1 is 1.12 bits per heavy atom. The van der Waals surface area contributed by atoms with Gasteiger partial charge in [0.1, 0.15) is 5.52 Å². The lowest BCUT2D eigenvalue weighted by Gasteiger charge is -2.25. The smallest absolute Gasteiger partial charge is 0.344 e. The van der Waals surface area contributed by atoms with Gasteiger partial charge in [-0.1, -0.05) is 11.3 Å². The molecule has 8 heteroatoms. The van der Waals surface area contributed by atoms with E-state index < -0.39 is 11.7 Å². The number of anilines is 1. The molecule has 1 aromatic carbocycles. The second kappa shape index (κ2) is 5.73. The SMILES string of the molecule is FC(F)(F)c1ccc(N2C=CC=C(c3cnc4[nH]nnc4c3)C2)cc1. The van der Waals surface area contributed by atoms with Gasteiger partial charge in [-0.05, 0) is 42.0 Å². The van der Waals surface area contributed by atoms with Gasteiger partial charge in [-0.2, -0.15) is 13.2 Å². The summed E-state index contributed by atoms with van der Waals surface area (Å²) in [6.45, 7) is 0.521. The van der Waals surface area contributed by atoms with E-state index in [1.54, 1.807) is 6.20 Å². The lowest BCUT2D eigenvalue weighted by Crippen LogP contribution is -2.21. The molecule has 0 fully saturated rings. The van der Waals surface area contributed by atoms with Crippen LogP contribution in [0.25, 0.3) is 16.7 Å². The molecule has 2 aromatic heterocycles. The molecule has 1 N–H and O–H groups in total. The number of aromatic amines is 1. The summed E-state index contributed by atoms with van der Waals surface area (Å²) in [6, 6.07) is 6.99. The van der Waals surface area contributed by atoms with Crippen molar-refractivity contribution < 1.29 is 13.2 Å². The second-order valence-corrected chi connectivity index (χ2v) is 5.61. The van der Waals surface area contributed by atoms with Gasteiger partial charge in [-0.3, -0.25) is 0 Å². The van der Waals surface area contributed by atoms with Gasteiger partial charge in [0.15, 0.2) is 5.65 Å². The van der Waals surface area contributed by atoms with E-state index in [-0.39, 0.29) is 0 Å². The summed E-state index contributed by atoms with van der Waals surface area (Å²) in [5, 5.41) is 10.3. The number of benzene rings is 1. The highest BCUT2D eigenvalue weighted by atomic mass is 19.4. The van der Waals surface area contributed by atoms with Gasteiger partial charge in [-0.25, -0.2) is 10.1 Å². The highest BCUT2D eigenvalue weighted by molar-refractivity contribution is 5.79. The number of allylic oxidation sites excluding steroid dienone is 2. The summed E-state index contributed by atoms with van der Waals surface area (Å²) in [7, 11) is 0. The summed E-state index contributed by atoms with van der Waals surface area (Å²) in [4.78, 5) is 6.14. The van der Waals surface area contributed by atoms with Crippen LogP contribution in [0.3, 0.4) is 0 Å². The zero-order valence-corrected chi connectivity index (χ0v) is 12.8. The fourth-order valence-electron chi connectivity index (χ4n) is 2.68. The predicted molar refractivity (Wildman–Crippen MR) is 87.6 cm³/mol. The van der Waals surface area contributed by atoms with Crippen LogP contribution in [0.15, 0.2) is 54.9 Å². The molecule has 1 aliphatic rings. The van der Waals surface area contributed by atoms with Crippen LogP contribution in [0.1, 0.15) is 11.1 Å². The Bertz CT molecular complexity index is 970. The number of pyridine rings is 1. The third-order valence-corrected chi connectivity index (χ3v) is 3.98. The Kier molecular flexibility index (Phi) is 3.52. The van der Waals surface area contributed by atoms with Crippen LogP contribution < -0.4 is 4.90 Å². The van der Waals surface area contributed by atoms with E-state index in [2.05, 4.69) is 20.4 Å². The van der Waals surface area contributed by atoms with Crippen molar-refractivity contribution in [2.75, 3.05) is 11.4 Å². The molecular weight excluding hydrogens is 331 g/mol. The maximum atomic E-state index is 12.7. The number of halogens is 3. The van der Waals surface area contributed by atoms with Gasteiger partial charge in [0.2, 0.25) is 0 Å². The average Bonchev–Trinajstić information content (AvgIpc) is 3.09. The van der Waals surface area contributed by atoms with Crippen LogP contribution in [0.2, 0.25) is 0 Å². The minimum atomic E-state index is -4.33. The first-order valence-corrected chi connectivity index (χ1v) is 7.49. The Labute approximate surface area is 140 Å². The zero-order valence-electron chi connectivity index (χ0n) is 12.8. The molecule has 126 valence electrons. The molecule has 0 unspecified atom stereocenters. The number of fused-ring (bicyclic) bond motifs is 1. The van der Waals surface area contributed by atoms with E-state index in [0.717, 1.165) is 23.3 Å². The van der Waals surface area contributed by atoms with Gasteiger partial charge in [-0.15, -0.1) is 5.10 Å². The molecular formula is C17H12F3N5. The van der Waals surface area contributed by atoms with E-state index in [4.69, 9.17) is 0 Å². The summed E-state index contributed by atoms with van der Waals surface area (Å²) in [6.07, 6.45) is 3.01. The van der Waals surface area contributed by atoms with Crippen LogP contribution in [-0.4, -0.2) is 26.9 Å². The van der Waals surface area contributed by atoms with E-state index in [1.165, 1.54) is 12.1 Å². The van der Waals surface area contributed by atoms with Crippen molar-refractivity contribution in [3.05, 3.63) is 66.0 Å². The van der Waals surface area contributed by atoms with Crippen molar-refractivity contribution in [1.29, 1.82) is 0 Å². The Morgan fingerprint density at radius 2 is 1.92 bits per heavy atom. The molecule has 3 heterocycles. The first-order valence-electron chi connectivity index (χ1n) is 7.49. The molecule has 4 rings (SSSR count). The van der Waals surface area contributed by atoms with Crippen LogP contribution in [0.5, 0.6) is 0 Å². The van der Waals surface area contributed by atoms with E-state index in [1.807, 2.05) is 29.3 Å². The third kappa shape index (κ3) is 2.98. The third-order valence-electron chi connectivity index (χ3n) is 3.98. The maximum Gasteiger partial charge on any atom is 0.416 e. The number of H-pyrrole nitrogens is 1. The molecule has 0 amide bonds. The number of aromatic nitrogens is 4. The number of nitrogens with one attached hydrogen (secondary N) is 1. The van der Waals surface area contributed by atoms with E-state index in [9.17, 15) is 13.2 Å². The molecule has 3 aromatic rings. The van der Waals surface area contributed by atoms with Crippen LogP contribution in [0, 0.1) is 0 Å². The lowest BCUT2D eigenvalue weighted by atomic mass is 10.0. The first-order chi connectivity index (χ1) is 12.0. The standard InChI is InChI=1S/C17H12F3N5/c18-17(19,20)13-3-5-14(6-4-13)25-7-1-2-11(10-25)12-8-15-16(21-9-12)23-24-22-15/h1-9H,10H2,(H,21,22,23,24). The van der Waals surface area contributed by atoms with E-state index >= 15 is 0 Å². The fourth-order valence-corrected chi connectivity index (χ4v) is 2.68. The van der Waals surface area contributed by atoms with Crippen molar-refractivity contribution in [2.24, 2.45) is 0 Å². The molecule has 0 spiro atoms. The lowest BCUT2D eigenvalue weighted by molar-refractivity contribution is -0.137. The van der Waals surface area contributed by atoms with Crippen LogP contribution >= 0.6 is 0 Å². The van der Waals surface area contributed by atoms with Gasteiger partial charge in [0, 0.05) is 30.2 Å². The molecule has 0 saturated carbocycles. The highest BCUT2D eigenvalue weighted by Crippen LogP contribution is 2.31. The second-order valence-electron chi connectivity index (χ2n) is 5.61. The molecule has 0 bridgehead atoms. The number of rotatable bonds is 2. The minimum absolute atomic E-state index is 0.521. The van der Waals surface area contributed by atoms with E-state index in [0.29, 0.717) is 23.4 Å². The molecule has 0 radical (unpaired) electrons. The molecule has 0 atom stereocenters. The summed E-state index contributed by atoms with van der Waals surface area (Å²) < 4.78 is 38.1. The largest absolute Gasteiger partial charge is 0.416 e. The van der Waals surface area contributed by atoms with Crippen molar-refractivity contribution in [1.82, 2.24) is 20.4 Å². The van der Waals surface area contributed by atoms with Gasteiger partial charge in [0.25, 0.3) is 0 Å². The number of hydrogen-bond donors (Lipinski definition) is 1. The molecule has 0 saturated heterocycles. The van der Waals surface area contributed by atoms with Gasteiger partial charge >= 0.3 is 6.18 Å². The monoisotopic (exact) mass is 343 g/mol. The van der Waals surface area contributed by atoms with Gasteiger partial charge in [0.05, 0.1) is 5.56 Å². The number of hydrogen-bond acceptors (Lipinski definition) is 4. The Morgan fingerprint density at radius 3 is 2.68 bits per heavy atom. The average molecular weight is 343 g/mol. The van der Waals surface area contributed by atoms with Crippen molar-refractivity contribution >= 4 is 22.4 Å². The molecule has 5 nitrogen and oxygen atoms in total. The van der Waals surface area contributed by atoms with Crippen molar-refractivity contribution in [3.63, 3.8) is 0 Å². The fraction of sp³-hybridized carbons (Fsp3) is 0.118. The highest BCUT2D eigenvalue weighted by Gasteiger charge is 2.30. The Balaban J connectivity index is 1.58. The zero-order chi connectivity index (χ0) is 17.4. The topological polar surface area (TPSA) is 57.7 Å². The molecule has 0 aliphatic carbocycles. The summed E-state index contributed by atoms with van der Waals surface area (Å²) >= 11 is 0. The quantitative estimate of drug-likeness (QED) is 0.769. The molecule has 25 heavy (non-hydrogen) atoms. The molecule has 1 aliphatic heterocycles. The first kappa shape index (κ1) is 15.4. The Hall–Kier alpha value is -3.16. The predicted octanol–water partition coefficient (Wildman–Crippen LogP) is 3.79. The van der Waals surface area contributed by atoms with Crippen LogP contribution in [0.4, 0.5) is 18.9 Å². The summed E-state index contributed by atoms with van der Waals surface area (Å²) in [5.41, 5.74) is 3.17. The minimum Gasteiger partial charge on any atom is -0.344 e. The van der Waals surface area contributed by atoms with Crippen molar-refractivity contribution in [3.8, 4) is 0 Å². The maximum absolute atomic E-state index is 12.7. The number of nitrogens with zero attached hydrogens (tertiary/aromatic N) is 4.